The lowest BCUT2D eigenvalue weighted by Crippen LogP contribution is -2.49. The van der Waals surface area contributed by atoms with Crippen LogP contribution in [0.3, 0.4) is 0 Å². The molecule has 0 bridgehead atoms. The summed E-state index contributed by atoms with van der Waals surface area (Å²) in [5.41, 5.74) is 1.46. The molecule has 0 spiro atoms. The molecule has 2 atom stereocenters. The summed E-state index contributed by atoms with van der Waals surface area (Å²) in [4.78, 5) is 21.7. The number of alkyl halides is 1. The Morgan fingerprint density at radius 2 is 2.06 bits per heavy atom. The standard InChI is InChI=1S/C24H24FN7O2/c1-32-14-17(9-30-32)19-12-29-31-20(22(19)34)8-15-3-2-4-16(7-15)23-27-10-18(11-28-23)24(25)5-6-26-13-21(24)33/h2-4,7,9-12,14,21,26,33H,5-6,8,13H2,1H3,(H,29,34)/t21-,24-/m0/s1. The molecule has 3 N–H and O–H groups in total. The second-order valence-corrected chi connectivity index (χ2v) is 8.48. The molecule has 174 valence electrons. The van der Waals surface area contributed by atoms with E-state index in [0.29, 0.717) is 30.0 Å². The van der Waals surface area contributed by atoms with Crippen LogP contribution in [0, 0.1) is 0 Å². The fourth-order valence-corrected chi connectivity index (χ4v) is 4.22. The number of hydrogen-bond acceptors (Lipinski definition) is 7. The van der Waals surface area contributed by atoms with E-state index in [-0.39, 0.29) is 24.0 Å². The molecule has 4 heterocycles. The number of aromatic amines is 1. The molecule has 5 rings (SSSR count). The number of piperidine rings is 1. The molecule has 10 heteroatoms. The van der Waals surface area contributed by atoms with E-state index >= 15 is 4.39 Å². The van der Waals surface area contributed by atoms with E-state index in [0.717, 1.165) is 16.7 Å². The topological polar surface area (TPSA) is 122 Å². The van der Waals surface area contributed by atoms with Gasteiger partial charge in [-0.1, -0.05) is 18.2 Å². The number of aromatic nitrogens is 6. The summed E-state index contributed by atoms with van der Waals surface area (Å²) < 4.78 is 17.0. The molecule has 0 radical (unpaired) electrons. The molecule has 3 aromatic heterocycles. The number of rotatable bonds is 5. The van der Waals surface area contributed by atoms with E-state index in [1.165, 1.54) is 12.4 Å². The van der Waals surface area contributed by atoms with Crippen LogP contribution in [0.5, 0.6) is 0 Å². The lowest BCUT2D eigenvalue weighted by Gasteiger charge is -2.34. The van der Waals surface area contributed by atoms with E-state index in [2.05, 4.69) is 30.6 Å². The van der Waals surface area contributed by atoms with Gasteiger partial charge in [0.05, 0.1) is 11.8 Å². The SMILES string of the molecule is Cn1cc(-c2c[nH]nc(Cc3cccc(-c4ncc([C@@]5(F)CCNC[C@@H]5O)cn4)c3)c2=O)cn1. The van der Waals surface area contributed by atoms with Crippen LogP contribution < -0.4 is 10.7 Å². The Balaban J connectivity index is 1.39. The Morgan fingerprint density at radius 3 is 2.79 bits per heavy atom. The molecule has 0 saturated carbocycles. The highest BCUT2D eigenvalue weighted by Gasteiger charge is 2.42. The summed E-state index contributed by atoms with van der Waals surface area (Å²) >= 11 is 0. The predicted octanol–water partition coefficient (Wildman–Crippen LogP) is 1.74. The van der Waals surface area contributed by atoms with Gasteiger partial charge in [-0.15, -0.1) is 0 Å². The van der Waals surface area contributed by atoms with Gasteiger partial charge in [0, 0.05) is 67.9 Å². The number of halogens is 1. The minimum absolute atomic E-state index is 0.159. The molecular weight excluding hydrogens is 437 g/mol. The Labute approximate surface area is 194 Å². The minimum Gasteiger partial charge on any atom is -0.388 e. The number of hydrogen-bond donors (Lipinski definition) is 3. The molecule has 0 amide bonds. The fraction of sp³-hybridized carbons (Fsp3) is 0.292. The highest BCUT2D eigenvalue weighted by molar-refractivity contribution is 5.61. The van der Waals surface area contributed by atoms with Gasteiger partial charge in [0.1, 0.15) is 11.8 Å². The van der Waals surface area contributed by atoms with Crippen LogP contribution in [0.1, 0.15) is 23.2 Å². The quantitative estimate of drug-likeness (QED) is 0.414. The van der Waals surface area contributed by atoms with Crippen molar-refractivity contribution in [2.45, 2.75) is 24.6 Å². The van der Waals surface area contributed by atoms with Crippen LogP contribution in [0.25, 0.3) is 22.5 Å². The summed E-state index contributed by atoms with van der Waals surface area (Å²) in [5, 5.41) is 24.2. The first-order chi connectivity index (χ1) is 16.4. The van der Waals surface area contributed by atoms with Crippen LogP contribution in [-0.4, -0.2) is 54.2 Å². The molecule has 1 aliphatic rings. The smallest absolute Gasteiger partial charge is 0.211 e. The van der Waals surface area contributed by atoms with Crippen molar-refractivity contribution in [1.82, 2.24) is 35.3 Å². The van der Waals surface area contributed by atoms with Gasteiger partial charge in [0.25, 0.3) is 0 Å². The van der Waals surface area contributed by atoms with E-state index in [1.54, 1.807) is 30.3 Å². The third kappa shape index (κ3) is 4.13. The summed E-state index contributed by atoms with van der Waals surface area (Å²) in [7, 11) is 1.79. The second kappa shape index (κ2) is 8.88. The summed E-state index contributed by atoms with van der Waals surface area (Å²) in [6.07, 6.45) is 7.20. The molecule has 4 aromatic rings. The van der Waals surface area contributed by atoms with Crippen molar-refractivity contribution in [3.05, 3.63) is 82.3 Å². The van der Waals surface area contributed by atoms with E-state index < -0.39 is 11.8 Å². The van der Waals surface area contributed by atoms with Crippen LogP contribution >= 0.6 is 0 Å². The molecule has 0 unspecified atom stereocenters. The van der Waals surface area contributed by atoms with Crippen molar-refractivity contribution in [1.29, 1.82) is 0 Å². The first-order valence-corrected chi connectivity index (χ1v) is 11.0. The maximum atomic E-state index is 15.3. The average Bonchev–Trinajstić information content (AvgIpc) is 3.28. The van der Waals surface area contributed by atoms with Crippen LogP contribution in [0.15, 0.2) is 60.0 Å². The fourth-order valence-electron chi connectivity index (χ4n) is 4.22. The van der Waals surface area contributed by atoms with Crippen molar-refractivity contribution in [3.63, 3.8) is 0 Å². The van der Waals surface area contributed by atoms with Gasteiger partial charge in [-0.05, 0) is 18.2 Å². The number of H-pyrrole nitrogens is 1. The Morgan fingerprint density at radius 1 is 1.24 bits per heavy atom. The van der Waals surface area contributed by atoms with E-state index in [1.807, 2.05) is 24.3 Å². The number of aryl methyl sites for hydroxylation is 1. The van der Waals surface area contributed by atoms with Gasteiger partial charge in [-0.2, -0.15) is 10.2 Å². The first-order valence-electron chi connectivity index (χ1n) is 11.0. The zero-order valence-corrected chi connectivity index (χ0v) is 18.6. The van der Waals surface area contributed by atoms with Gasteiger partial charge in [0.2, 0.25) is 5.43 Å². The highest BCUT2D eigenvalue weighted by atomic mass is 19.1. The molecule has 1 fully saturated rings. The Bertz CT molecular complexity index is 1370. The van der Waals surface area contributed by atoms with Crippen LogP contribution in [0.4, 0.5) is 4.39 Å². The molecule has 1 saturated heterocycles. The number of aliphatic hydroxyl groups is 1. The van der Waals surface area contributed by atoms with Crippen LogP contribution in [-0.2, 0) is 19.1 Å². The zero-order chi connectivity index (χ0) is 23.7. The van der Waals surface area contributed by atoms with Gasteiger partial charge in [-0.3, -0.25) is 14.6 Å². The average molecular weight is 462 g/mol. The second-order valence-electron chi connectivity index (χ2n) is 8.48. The summed E-state index contributed by atoms with van der Waals surface area (Å²) in [5.74, 6) is 0.434. The van der Waals surface area contributed by atoms with E-state index in [9.17, 15) is 9.90 Å². The highest BCUT2D eigenvalue weighted by Crippen LogP contribution is 2.35. The van der Waals surface area contributed by atoms with Gasteiger partial charge in [0.15, 0.2) is 11.5 Å². The van der Waals surface area contributed by atoms with Gasteiger partial charge >= 0.3 is 0 Å². The molecule has 9 nitrogen and oxygen atoms in total. The Hall–Kier alpha value is -3.76. The first kappa shape index (κ1) is 22.1. The van der Waals surface area contributed by atoms with E-state index in [4.69, 9.17) is 0 Å². The van der Waals surface area contributed by atoms with Crippen molar-refractivity contribution >= 4 is 0 Å². The largest absolute Gasteiger partial charge is 0.388 e. The lowest BCUT2D eigenvalue weighted by atomic mass is 9.86. The maximum Gasteiger partial charge on any atom is 0.211 e. The molecule has 34 heavy (non-hydrogen) atoms. The predicted molar refractivity (Wildman–Crippen MR) is 124 cm³/mol. The number of nitrogens with zero attached hydrogens (tertiary/aromatic N) is 5. The van der Waals surface area contributed by atoms with Crippen molar-refractivity contribution in [2.75, 3.05) is 13.1 Å². The Kier molecular flexibility index (Phi) is 5.76. The monoisotopic (exact) mass is 461 g/mol. The number of benzene rings is 1. The van der Waals surface area contributed by atoms with Crippen LogP contribution in [0.2, 0.25) is 0 Å². The minimum atomic E-state index is -1.86. The van der Waals surface area contributed by atoms with Crippen molar-refractivity contribution < 1.29 is 9.50 Å². The normalized spacial score (nSPS) is 20.4. The molecule has 1 aromatic carbocycles. The third-order valence-electron chi connectivity index (χ3n) is 6.15. The van der Waals surface area contributed by atoms with Crippen molar-refractivity contribution in [3.8, 4) is 22.5 Å². The van der Waals surface area contributed by atoms with Crippen molar-refractivity contribution in [2.24, 2.45) is 7.05 Å². The third-order valence-corrected chi connectivity index (χ3v) is 6.15. The van der Waals surface area contributed by atoms with Gasteiger partial charge in [-0.25, -0.2) is 14.4 Å². The summed E-state index contributed by atoms with van der Waals surface area (Å²) in [6, 6.07) is 7.50. The molecule has 0 aliphatic carbocycles. The van der Waals surface area contributed by atoms with Gasteiger partial charge < -0.3 is 10.4 Å². The summed E-state index contributed by atoms with van der Waals surface area (Å²) in [6.45, 7) is 0.669. The number of nitrogens with one attached hydrogen (secondary N) is 2. The maximum absolute atomic E-state index is 15.3. The molecule has 1 aliphatic heterocycles. The number of aliphatic hydroxyl groups excluding tert-OH is 1. The zero-order valence-electron chi connectivity index (χ0n) is 18.6. The molecular formula is C24H24FN7O2. The number of β-amino-alcohol motifs (C(OH)–C–C–N with tert-alkyl or cyclic N) is 1. The lowest BCUT2D eigenvalue weighted by molar-refractivity contribution is -0.0349.